The van der Waals surface area contributed by atoms with Crippen molar-refractivity contribution >= 4 is 39.2 Å². The third kappa shape index (κ3) is 6.74. The van der Waals surface area contributed by atoms with Crippen molar-refractivity contribution in [2.75, 3.05) is 5.75 Å². The lowest BCUT2D eigenvalue weighted by molar-refractivity contribution is -0.138. The van der Waals surface area contributed by atoms with Crippen LogP contribution in [0.1, 0.15) is 11.9 Å². The SMILES string of the molecule is C=C(C)CSC(=NN/C(N)=N\c1nnc(C(F)(F)F)s1)C(F)(F)F. The number of thioether (sulfide) groups is 1. The van der Waals surface area contributed by atoms with E-state index in [0.717, 1.165) is 0 Å². The first-order valence-electron chi connectivity index (χ1n) is 5.82. The predicted octanol–water partition coefficient (Wildman–Crippen LogP) is 3.28. The Morgan fingerprint density at radius 1 is 1.29 bits per heavy atom. The van der Waals surface area contributed by atoms with Crippen LogP contribution in [0.25, 0.3) is 0 Å². The molecule has 1 aromatic heterocycles. The molecule has 24 heavy (non-hydrogen) atoms. The van der Waals surface area contributed by atoms with Crippen LogP contribution in [0.15, 0.2) is 22.2 Å². The van der Waals surface area contributed by atoms with Crippen molar-refractivity contribution in [1.82, 2.24) is 15.6 Å². The van der Waals surface area contributed by atoms with E-state index in [-0.39, 0.29) is 17.1 Å². The molecular weight excluding hydrogens is 382 g/mol. The van der Waals surface area contributed by atoms with Crippen LogP contribution in [-0.2, 0) is 6.18 Å². The summed E-state index contributed by atoms with van der Waals surface area (Å²) in [6.07, 6.45) is -9.44. The number of nitrogens with two attached hydrogens (primary N) is 1. The maximum absolute atomic E-state index is 12.7. The Hall–Kier alpha value is -1.83. The van der Waals surface area contributed by atoms with Crippen molar-refractivity contribution < 1.29 is 26.3 Å². The highest BCUT2D eigenvalue weighted by molar-refractivity contribution is 8.14. The van der Waals surface area contributed by atoms with Gasteiger partial charge >= 0.3 is 12.4 Å². The minimum Gasteiger partial charge on any atom is -0.368 e. The van der Waals surface area contributed by atoms with Crippen molar-refractivity contribution in [3.05, 3.63) is 17.2 Å². The van der Waals surface area contributed by atoms with E-state index in [1.54, 1.807) is 0 Å². The van der Waals surface area contributed by atoms with E-state index in [0.29, 0.717) is 17.3 Å². The van der Waals surface area contributed by atoms with Crippen molar-refractivity contribution in [2.45, 2.75) is 19.3 Å². The smallest absolute Gasteiger partial charge is 0.368 e. The first kappa shape index (κ1) is 20.2. The summed E-state index contributed by atoms with van der Waals surface area (Å²) in [5.41, 5.74) is 7.57. The van der Waals surface area contributed by atoms with Gasteiger partial charge in [0.2, 0.25) is 16.1 Å². The lowest BCUT2D eigenvalue weighted by Gasteiger charge is -2.10. The number of hydrogen-bond acceptors (Lipinski definition) is 6. The summed E-state index contributed by atoms with van der Waals surface area (Å²) in [5, 5.41) is 6.04. The van der Waals surface area contributed by atoms with Crippen molar-refractivity contribution in [3.8, 4) is 0 Å². The van der Waals surface area contributed by atoms with Crippen molar-refractivity contribution in [2.24, 2.45) is 15.8 Å². The molecule has 0 unspecified atom stereocenters. The average molecular weight is 392 g/mol. The largest absolute Gasteiger partial charge is 0.445 e. The first-order valence-corrected chi connectivity index (χ1v) is 7.62. The number of alkyl halides is 6. The number of aromatic nitrogens is 2. The van der Waals surface area contributed by atoms with Crippen LogP contribution in [0.4, 0.5) is 31.5 Å². The van der Waals surface area contributed by atoms with E-state index in [1.165, 1.54) is 6.92 Å². The number of aliphatic imine (C=N–C) groups is 1. The fourth-order valence-electron chi connectivity index (χ4n) is 0.980. The van der Waals surface area contributed by atoms with Crippen molar-refractivity contribution in [1.29, 1.82) is 0 Å². The summed E-state index contributed by atoms with van der Waals surface area (Å²) in [4.78, 5) is 3.37. The Kier molecular flexibility index (Phi) is 6.59. The van der Waals surface area contributed by atoms with Gasteiger partial charge in [-0.25, -0.2) is 5.43 Å². The summed E-state index contributed by atoms with van der Waals surface area (Å²) >= 11 is 0.451. The molecular formula is C10H10F6N6S2. The van der Waals surface area contributed by atoms with Gasteiger partial charge in [0.15, 0.2) is 5.04 Å². The molecule has 0 aliphatic heterocycles. The van der Waals surface area contributed by atoms with E-state index in [4.69, 9.17) is 5.73 Å². The van der Waals surface area contributed by atoms with Gasteiger partial charge in [-0.3, -0.25) is 0 Å². The summed E-state index contributed by atoms with van der Waals surface area (Å²) in [7, 11) is 0. The van der Waals surface area contributed by atoms with Gasteiger partial charge in [0.25, 0.3) is 0 Å². The Labute approximate surface area is 139 Å². The van der Waals surface area contributed by atoms with Gasteiger partial charge in [-0.2, -0.15) is 36.4 Å². The van der Waals surface area contributed by atoms with E-state index < -0.39 is 33.5 Å². The van der Waals surface area contributed by atoms with Gasteiger partial charge in [-0.15, -0.1) is 10.2 Å². The molecule has 0 atom stereocenters. The number of hydrogen-bond donors (Lipinski definition) is 2. The molecule has 0 saturated heterocycles. The molecule has 0 bridgehead atoms. The van der Waals surface area contributed by atoms with Gasteiger partial charge in [0, 0.05) is 5.75 Å². The minimum atomic E-state index is -4.74. The molecule has 0 saturated carbocycles. The predicted molar refractivity (Wildman–Crippen MR) is 80.1 cm³/mol. The van der Waals surface area contributed by atoms with Crippen LogP contribution in [0.5, 0.6) is 0 Å². The number of halogens is 6. The second-order valence-electron chi connectivity index (χ2n) is 4.16. The maximum Gasteiger partial charge on any atom is 0.445 e. The quantitative estimate of drug-likeness (QED) is 0.270. The number of rotatable bonds is 4. The molecule has 0 aromatic carbocycles. The topological polar surface area (TPSA) is 88.5 Å². The van der Waals surface area contributed by atoms with E-state index in [1.807, 2.05) is 5.43 Å². The average Bonchev–Trinajstić information content (AvgIpc) is 2.85. The zero-order valence-electron chi connectivity index (χ0n) is 11.9. The molecule has 1 heterocycles. The van der Waals surface area contributed by atoms with E-state index in [2.05, 4.69) is 26.9 Å². The zero-order valence-corrected chi connectivity index (χ0v) is 13.5. The van der Waals surface area contributed by atoms with Gasteiger partial charge in [-0.05, 0) is 6.92 Å². The third-order valence-corrected chi connectivity index (χ3v) is 3.94. The van der Waals surface area contributed by atoms with E-state index >= 15 is 0 Å². The fourth-order valence-corrected chi connectivity index (χ4v) is 2.23. The monoisotopic (exact) mass is 392 g/mol. The molecule has 1 rings (SSSR count). The molecule has 0 fully saturated rings. The molecule has 0 spiro atoms. The highest BCUT2D eigenvalue weighted by atomic mass is 32.2. The van der Waals surface area contributed by atoms with Crippen LogP contribution in [0.3, 0.4) is 0 Å². The summed E-state index contributed by atoms with van der Waals surface area (Å²) in [5.74, 6) is -0.694. The molecule has 14 heteroatoms. The Morgan fingerprint density at radius 3 is 2.38 bits per heavy atom. The third-order valence-electron chi connectivity index (χ3n) is 1.84. The number of nitrogens with zero attached hydrogens (tertiary/aromatic N) is 4. The Balaban J connectivity index is 2.84. The molecule has 1 aromatic rings. The molecule has 0 amide bonds. The van der Waals surface area contributed by atoms with Gasteiger partial charge in [0.05, 0.1) is 0 Å². The van der Waals surface area contributed by atoms with Gasteiger partial charge in [0.1, 0.15) is 0 Å². The zero-order chi connectivity index (χ0) is 18.5. The summed E-state index contributed by atoms with van der Waals surface area (Å²) in [6, 6.07) is 0. The normalized spacial score (nSPS) is 14.0. The molecule has 134 valence electrons. The molecule has 0 aliphatic carbocycles. The Bertz CT molecular complexity index is 647. The fraction of sp³-hybridized carbons (Fsp3) is 0.400. The second kappa shape index (κ2) is 7.83. The van der Waals surface area contributed by atoms with Crippen LogP contribution in [-0.4, -0.2) is 33.1 Å². The number of guanidine groups is 1. The van der Waals surface area contributed by atoms with E-state index in [9.17, 15) is 26.3 Å². The highest BCUT2D eigenvalue weighted by Crippen LogP contribution is 2.33. The van der Waals surface area contributed by atoms with Gasteiger partial charge in [-0.1, -0.05) is 35.3 Å². The number of hydrazone groups is 1. The molecule has 0 aliphatic rings. The van der Waals surface area contributed by atoms with Crippen LogP contribution < -0.4 is 11.2 Å². The minimum absolute atomic E-state index is 0.0254. The standard InChI is InChI=1S/C10H10F6N6S2/c1-4(2)3-23-5(9(11,12)13)19-21-7(17)18-8-22-20-6(24-8)10(14,15)16/h1,3H2,2H3,(H3,17,18,21,22). The van der Waals surface area contributed by atoms with Gasteiger partial charge < -0.3 is 5.73 Å². The Morgan fingerprint density at radius 2 is 1.92 bits per heavy atom. The molecule has 3 N–H and O–H groups in total. The number of nitrogens with one attached hydrogen (secondary N) is 1. The molecule has 6 nitrogen and oxygen atoms in total. The second-order valence-corrected chi connectivity index (χ2v) is 6.08. The van der Waals surface area contributed by atoms with Crippen molar-refractivity contribution in [3.63, 3.8) is 0 Å². The van der Waals surface area contributed by atoms with Crippen LogP contribution in [0.2, 0.25) is 0 Å². The van der Waals surface area contributed by atoms with Crippen LogP contribution in [0, 0.1) is 0 Å². The summed E-state index contributed by atoms with van der Waals surface area (Å²) < 4.78 is 75.2. The lowest BCUT2D eigenvalue weighted by atomic mass is 10.4. The lowest BCUT2D eigenvalue weighted by Crippen LogP contribution is -2.31. The molecule has 0 radical (unpaired) electrons. The highest BCUT2D eigenvalue weighted by Gasteiger charge is 2.37. The summed E-state index contributed by atoms with van der Waals surface area (Å²) in [6.45, 7) is 5.00. The van der Waals surface area contributed by atoms with Crippen LogP contribution >= 0.6 is 23.1 Å². The maximum atomic E-state index is 12.7. The first-order chi connectivity index (χ1) is 10.9.